The molecule has 0 aliphatic heterocycles. The van der Waals surface area contributed by atoms with Gasteiger partial charge in [-0.1, -0.05) is 41.6 Å². The standard InChI is InChI=1S/C12H21ClS/c1-7-9-10-11(8-2)12(3,4)14(5,6)13/h7-10H,1H2,2-6H3/b10-9-,11-8+. The molecule has 0 atom stereocenters. The van der Waals surface area contributed by atoms with Gasteiger partial charge in [-0.25, -0.2) is 0 Å². The fourth-order valence-electron chi connectivity index (χ4n) is 1.10. The van der Waals surface area contributed by atoms with E-state index in [4.69, 9.17) is 10.7 Å². The number of rotatable bonds is 4. The van der Waals surface area contributed by atoms with Crippen LogP contribution in [-0.4, -0.2) is 17.3 Å². The topological polar surface area (TPSA) is 0 Å². The van der Waals surface area contributed by atoms with Crippen LogP contribution in [0.3, 0.4) is 0 Å². The second-order valence-corrected chi connectivity index (χ2v) is 9.79. The molecule has 0 aliphatic rings. The normalized spacial score (nSPS) is 16.0. The monoisotopic (exact) mass is 232 g/mol. The molecule has 0 aromatic carbocycles. The van der Waals surface area contributed by atoms with Gasteiger partial charge in [0.25, 0.3) is 0 Å². The zero-order valence-corrected chi connectivity index (χ0v) is 11.4. The summed E-state index contributed by atoms with van der Waals surface area (Å²) < 4.78 is 0.0306. The van der Waals surface area contributed by atoms with E-state index in [0.29, 0.717) is 0 Å². The highest BCUT2D eigenvalue weighted by atomic mass is 35.7. The second kappa shape index (κ2) is 5.09. The van der Waals surface area contributed by atoms with Crippen LogP contribution in [0.5, 0.6) is 0 Å². The van der Waals surface area contributed by atoms with Crippen molar-refractivity contribution in [2.24, 2.45) is 0 Å². The first kappa shape index (κ1) is 13.9. The molecule has 0 spiro atoms. The molecule has 0 unspecified atom stereocenters. The van der Waals surface area contributed by atoms with Gasteiger partial charge in [0.05, 0.1) is 0 Å². The predicted octanol–water partition coefficient (Wildman–Crippen LogP) is 4.67. The smallest absolute Gasteiger partial charge is 0.0310 e. The predicted molar refractivity (Wildman–Crippen MR) is 72.5 cm³/mol. The zero-order chi connectivity index (χ0) is 11.4. The Balaban J connectivity index is 5.05. The van der Waals surface area contributed by atoms with Crippen molar-refractivity contribution in [3.8, 4) is 0 Å². The average molecular weight is 233 g/mol. The number of allylic oxidation sites excluding steroid dienone is 4. The molecule has 82 valence electrons. The average Bonchev–Trinajstić information content (AvgIpc) is 2.03. The lowest BCUT2D eigenvalue weighted by Crippen LogP contribution is -2.25. The van der Waals surface area contributed by atoms with Gasteiger partial charge in [-0.15, -0.1) is 0 Å². The molecule has 0 heterocycles. The summed E-state index contributed by atoms with van der Waals surface area (Å²) in [7, 11) is 5.33. The third-order valence-electron chi connectivity index (χ3n) is 2.63. The number of hydrogen-bond acceptors (Lipinski definition) is 0. The highest BCUT2D eigenvalue weighted by Gasteiger charge is 2.32. The largest absolute Gasteiger partial charge is 0.159 e. The Morgan fingerprint density at radius 2 is 1.86 bits per heavy atom. The van der Waals surface area contributed by atoms with Gasteiger partial charge in [-0.3, -0.25) is 0 Å². The van der Waals surface area contributed by atoms with Crippen molar-refractivity contribution in [2.45, 2.75) is 25.5 Å². The van der Waals surface area contributed by atoms with Crippen molar-refractivity contribution < 1.29 is 0 Å². The van der Waals surface area contributed by atoms with E-state index in [1.807, 2.05) is 13.0 Å². The van der Waals surface area contributed by atoms with Crippen LogP contribution >= 0.6 is 19.9 Å². The van der Waals surface area contributed by atoms with Crippen LogP contribution in [0.4, 0.5) is 0 Å². The van der Waals surface area contributed by atoms with Crippen LogP contribution in [0.1, 0.15) is 20.8 Å². The number of halogens is 1. The Hall–Kier alpha value is -0.140. The van der Waals surface area contributed by atoms with Crippen LogP contribution < -0.4 is 0 Å². The van der Waals surface area contributed by atoms with Crippen molar-refractivity contribution >= 4 is 19.9 Å². The van der Waals surface area contributed by atoms with Gasteiger partial charge in [0.2, 0.25) is 0 Å². The maximum absolute atomic E-state index is 6.46. The lowest BCUT2D eigenvalue weighted by molar-refractivity contribution is 0.847. The first-order valence-electron chi connectivity index (χ1n) is 4.65. The Morgan fingerprint density at radius 1 is 1.36 bits per heavy atom. The summed E-state index contributed by atoms with van der Waals surface area (Å²) in [6, 6.07) is 0. The molecule has 0 amide bonds. The van der Waals surface area contributed by atoms with Crippen molar-refractivity contribution in [3.05, 3.63) is 36.5 Å². The molecule has 0 radical (unpaired) electrons. The zero-order valence-electron chi connectivity index (χ0n) is 9.80. The van der Waals surface area contributed by atoms with Gasteiger partial charge in [-0.05, 0) is 38.9 Å². The minimum Gasteiger partial charge on any atom is -0.159 e. The third kappa shape index (κ3) is 3.21. The van der Waals surface area contributed by atoms with Crippen LogP contribution in [0.15, 0.2) is 36.5 Å². The van der Waals surface area contributed by atoms with Crippen LogP contribution in [0.25, 0.3) is 0 Å². The van der Waals surface area contributed by atoms with Crippen molar-refractivity contribution in [2.75, 3.05) is 12.5 Å². The molecule has 0 aliphatic carbocycles. The summed E-state index contributed by atoms with van der Waals surface area (Å²) in [5.74, 6) is 0. The molecular weight excluding hydrogens is 212 g/mol. The van der Waals surface area contributed by atoms with Crippen molar-refractivity contribution in [1.82, 2.24) is 0 Å². The van der Waals surface area contributed by atoms with E-state index in [1.165, 1.54) is 5.57 Å². The van der Waals surface area contributed by atoms with E-state index in [0.717, 1.165) is 0 Å². The fourth-order valence-corrected chi connectivity index (χ4v) is 2.11. The Kier molecular flexibility index (Phi) is 5.03. The summed E-state index contributed by atoms with van der Waals surface area (Å²) in [5.41, 5.74) is 1.27. The molecule has 0 nitrogen and oxygen atoms in total. The summed E-state index contributed by atoms with van der Waals surface area (Å²) in [4.78, 5) is 0. The van der Waals surface area contributed by atoms with Gasteiger partial charge in [0.15, 0.2) is 0 Å². The van der Waals surface area contributed by atoms with Crippen LogP contribution in [0, 0.1) is 0 Å². The van der Waals surface area contributed by atoms with Gasteiger partial charge in [0.1, 0.15) is 0 Å². The van der Waals surface area contributed by atoms with Crippen molar-refractivity contribution in [3.63, 3.8) is 0 Å². The minimum absolute atomic E-state index is 0.0306. The molecule has 2 heteroatoms. The van der Waals surface area contributed by atoms with Gasteiger partial charge >= 0.3 is 0 Å². The lowest BCUT2D eigenvalue weighted by atomic mass is 10.0. The highest BCUT2D eigenvalue weighted by molar-refractivity contribution is 8.51. The van der Waals surface area contributed by atoms with E-state index in [9.17, 15) is 0 Å². The Labute approximate surface area is 94.6 Å². The molecule has 0 saturated carbocycles. The van der Waals surface area contributed by atoms with E-state index in [1.54, 1.807) is 6.08 Å². The molecule has 0 aromatic rings. The van der Waals surface area contributed by atoms with Gasteiger partial charge < -0.3 is 0 Å². The Morgan fingerprint density at radius 3 is 2.14 bits per heavy atom. The van der Waals surface area contributed by atoms with Crippen LogP contribution in [-0.2, 0) is 0 Å². The maximum Gasteiger partial charge on any atom is 0.0310 e. The first-order valence-corrected chi connectivity index (χ1v) is 7.93. The molecule has 0 N–H and O–H groups in total. The fraction of sp³-hybridized carbons (Fsp3) is 0.500. The molecule has 14 heavy (non-hydrogen) atoms. The molecule has 0 rings (SSSR count). The van der Waals surface area contributed by atoms with E-state index in [-0.39, 0.29) is 4.75 Å². The molecule has 0 saturated heterocycles. The minimum atomic E-state index is -1.13. The first-order chi connectivity index (χ1) is 6.27. The Bertz CT molecular complexity index is 254. The molecule has 0 bridgehead atoms. The molecule has 0 fully saturated rings. The quantitative estimate of drug-likeness (QED) is 0.618. The number of hydrogen-bond donors (Lipinski definition) is 0. The van der Waals surface area contributed by atoms with Gasteiger partial charge in [0, 0.05) is 4.75 Å². The summed E-state index contributed by atoms with van der Waals surface area (Å²) in [6.45, 7) is 10.1. The lowest BCUT2D eigenvalue weighted by Gasteiger charge is -2.42. The van der Waals surface area contributed by atoms with Gasteiger partial charge in [-0.2, -0.15) is 9.24 Å². The highest BCUT2D eigenvalue weighted by Crippen LogP contribution is 2.60. The second-order valence-electron chi connectivity index (χ2n) is 4.05. The SMILES string of the molecule is C=C/C=C\C(=C/C)C(C)(C)S(C)(C)Cl. The summed E-state index contributed by atoms with van der Waals surface area (Å²) >= 11 is 0. The van der Waals surface area contributed by atoms with Crippen molar-refractivity contribution in [1.29, 1.82) is 0 Å². The van der Waals surface area contributed by atoms with E-state index < -0.39 is 9.24 Å². The molecular formula is C12H21ClS. The molecule has 0 aromatic heterocycles. The van der Waals surface area contributed by atoms with E-state index in [2.05, 4.69) is 45.1 Å². The summed E-state index contributed by atoms with van der Waals surface area (Å²) in [6.07, 6.45) is 12.2. The maximum atomic E-state index is 6.46. The van der Waals surface area contributed by atoms with Crippen LogP contribution in [0.2, 0.25) is 0 Å². The van der Waals surface area contributed by atoms with E-state index >= 15 is 0 Å². The third-order valence-corrected chi connectivity index (χ3v) is 6.45. The summed E-state index contributed by atoms with van der Waals surface area (Å²) in [5, 5.41) is 0.